The van der Waals surface area contributed by atoms with Crippen molar-refractivity contribution in [2.75, 3.05) is 5.75 Å². The third kappa shape index (κ3) is 2.32. The first kappa shape index (κ1) is 7.02. The highest BCUT2D eigenvalue weighted by atomic mass is 33.1. The topological polar surface area (TPSA) is 26.0 Å². The fraction of sp³-hybridized carbons (Fsp3) is 0.400. The number of nitrogens with zero attached hydrogens (tertiary/aromatic N) is 1. The minimum absolute atomic E-state index is 0.911. The van der Waals surface area contributed by atoms with E-state index in [1.165, 1.54) is 17.2 Å². The first-order valence-electron chi connectivity index (χ1n) is 2.57. The quantitative estimate of drug-likeness (QED) is 0.540. The predicted octanol–water partition coefficient (Wildman–Crippen LogP) is 1.80. The number of aryl methyl sites for hydroxylation is 1. The van der Waals surface area contributed by atoms with Gasteiger partial charge < -0.3 is 4.42 Å². The molecule has 0 N–H and O–H groups in total. The molecule has 2 nitrogen and oxygen atoms in total. The predicted molar refractivity (Wildman–Crippen MR) is 41.7 cm³/mol. The third-order valence-corrected chi connectivity index (χ3v) is 1.86. The second kappa shape index (κ2) is 3.85. The van der Waals surface area contributed by atoms with Crippen molar-refractivity contribution in [2.24, 2.45) is 0 Å². The molecule has 0 spiro atoms. The Balaban J connectivity index is 2.30. The minimum Gasteiger partial charge on any atom is -0.448 e. The molecule has 0 saturated carbocycles. The summed E-state index contributed by atoms with van der Waals surface area (Å²) < 4.78 is 4.98. The summed E-state index contributed by atoms with van der Waals surface area (Å²) in [5.74, 6) is 1.90. The van der Waals surface area contributed by atoms with Gasteiger partial charge in [-0.1, -0.05) is 10.8 Å². The van der Waals surface area contributed by atoms with Crippen molar-refractivity contribution in [3.05, 3.63) is 18.4 Å². The largest absolute Gasteiger partial charge is 0.448 e. The van der Waals surface area contributed by atoms with Gasteiger partial charge >= 0.3 is 0 Å². The van der Waals surface area contributed by atoms with Gasteiger partial charge in [0.25, 0.3) is 0 Å². The lowest BCUT2D eigenvalue weighted by atomic mass is 10.4. The van der Waals surface area contributed by atoms with Gasteiger partial charge in [-0.15, -0.1) is 11.7 Å². The van der Waals surface area contributed by atoms with Crippen molar-refractivity contribution < 1.29 is 4.42 Å². The molecule has 50 valence electrons. The smallest absolute Gasteiger partial charge is 0.180 e. The van der Waals surface area contributed by atoms with E-state index in [1.807, 2.05) is 0 Å². The van der Waals surface area contributed by atoms with E-state index in [4.69, 9.17) is 4.42 Å². The molecule has 0 amide bonds. The van der Waals surface area contributed by atoms with E-state index >= 15 is 0 Å². The van der Waals surface area contributed by atoms with Crippen molar-refractivity contribution in [1.82, 2.24) is 4.98 Å². The Morgan fingerprint density at radius 1 is 1.78 bits per heavy atom. The number of oxazole rings is 1. The highest BCUT2D eigenvalue weighted by Gasteiger charge is 1.93. The van der Waals surface area contributed by atoms with E-state index in [-0.39, 0.29) is 0 Å². The third-order valence-electron chi connectivity index (χ3n) is 0.923. The first-order valence-corrected chi connectivity index (χ1v) is 4.61. The Kier molecular flexibility index (Phi) is 3.00. The monoisotopic (exact) mass is 161 g/mol. The number of hydrogen-bond acceptors (Lipinski definition) is 4. The van der Waals surface area contributed by atoms with Crippen LogP contribution in [0.5, 0.6) is 0 Å². The van der Waals surface area contributed by atoms with E-state index in [0.29, 0.717) is 0 Å². The molecular formula is C5H7NOS2. The lowest BCUT2D eigenvalue weighted by Gasteiger charge is -1.88. The summed E-state index contributed by atoms with van der Waals surface area (Å²) in [6.45, 7) is 0. The fourth-order valence-corrected chi connectivity index (χ4v) is 1.08. The fourth-order valence-electron chi connectivity index (χ4n) is 0.512. The minimum atomic E-state index is 0.911. The lowest BCUT2D eigenvalue weighted by Crippen LogP contribution is -1.81. The Labute approximate surface area is 62.9 Å². The second-order valence-electron chi connectivity index (χ2n) is 1.55. The van der Waals surface area contributed by atoms with E-state index in [2.05, 4.69) is 16.6 Å². The van der Waals surface area contributed by atoms with Crippen LogP contribution in [-0.2, 0) is 6.42 Å². The van der Waals surface area contributed by atoms with Crippen LogP contribution >= 0.6 is 22.5 Å². The van der Waals surface area contributed by atoms with Crippen LogP contribution in [0.25, 0.3) is 0 Å². The maximum absolute atomic E-state index is 4.98. The zero-order valence-electron chi connectivity index (χ0n) is 4.78. The van der Waals surface area contributed by atoms with Gasteiger partial charge in [-0.25, -0.2) is 4.98 Å². The normalized spacial score (nSPS) is 9.89. The highest BCUT2D eigenvalue weighted by molar-refractivity contribution is 8.68. The average Bonchev–Trinajstić information content (AvgIpc) is 2.34. The molecule has 0 radical (unpaired) electrons. The Morgan fingerprint density at radius 3 is 3.22 bits per heavy atom. The Bertz CT molecular complexity index is 152. The zero-order chi connectivity index (χ0) is 6.53. The summed E-state index contributed by atoms with van der Waals surface area (Å²) in [6.07, 6.45) is 4.08. The van der Waals surface area contributed by atoms with Crippen molar-refractivity contribution in [2.45, 2.75) is 6.42 Å². The zero-order valence-corrected chi connectivity index (χ0v) is 6.49. The van der Waals surface area contributed by atoms with E-state index < -0.39 is 0 Å². The summed E-state index contributed by atoms with van der Waals surface area (Å²) in [5.41, 5.74) is 0. The van der Waals surface area contributed by atoms with Gasteiger partial charge in [0.15, 0.2) is 6.39 Å². The van der Waals surface area contributed by atoms with Crippen LogP contribution in [0.2, 0.25) is 0 Å². The van der Waals surface area contributed by atoms with Gasteiger partial charge in [-0.2, -0.15) is 0 Å². The first-order chi connectivity index (χ1) is 4.43. The summed E-state index contributed by atoms with van der Waals surface area (Å²) in [4.78, 5) is 3.77. The summed E-state index contributed by atoms with van der Waals surface area (Å²) in [5, 5.41) is 0. The van der Waals surface area contributed by atoms with Gasteiger partial charge in [0.05, 0.1) is 6.20 Å². The number of aromatic nitrogens is 1. The van der Waals surface area contributed by atoms with Crippen LogP contribution in [0.4, 0.5) is 0 Å². The Hall–Kier alpha value is -0.0900. The van der Waals surface area contributed by atoms with Crippen molar-refractivity contribution in [3.63, 3.8) is 0 Å². The highest BCUT2D eigenvalue weighted by Crippen LogP contribution is 2.08. The van der Waals surface area contributed by atoms with E-state index in [0.717, 1.165) is 17.9 Å². The van der Waals surface area contributed by atoms with Crippen LogP contribution < -0.4 is 0 Å². The van der Waals surface area contributed by atoms with Crippen LogP contribution in [0.15, 0.2) is 17.0 Å². The molecular weight excluding hydrogens is 154 g/mol. The average molecular weight is 161 g/mol. The summed E-state index contributed by atoms with van der Waals surface area (Å²) >= 11 is 3.99. The second-order valence-corrected chi connectivity index (χ2v) is 2.99. The molecule has 0 atom stereocenters. The molecule has 0 aliphatic carbocycles. The van der Waals surface area contributed by atoms with Crippen LogP contribution in [0.1, 0.15) is 5.76 Å². The number of thiol groups is 1. The summed E-state index contributed by atoms with van der Waals surface area (Å²) in [7, 11) is 1.51. The molecule has 0 aliphatic rings. The van der Waals surface area contributed by atoms with Crippen LogP contribution in [0.3, 0.4) is 0 Å². The molecule has 4 heteroatoms. The van der Waals surface area contributed by atoms with Gasteiger partial charge in [0.2, 0.25) is 0 Å². The van der Waals surface area contributed by atoms with Gasteiger partial charge in [-0.3, -0.25) is 0 Å². The van der Waals surface area contributed by atoms with E-state index in [1.54, 1.807) is 6.20 Å². The molecule has 1 aromatic rings. The van der Waals surface area contributed by atoms with Gasteiger partial charge in [0, 0.05) is 12.2 Å². The Morgan fingerprint density at radius 2 is 2.67 bits per heavy atom. The van der Waals surface area contributed by atoms with Crippen LogP contribution in [-0.4, -0.2) is 10.7 Å². The van der Waals surface area contributed by atoms with Gasteiger partial charge in [-0.05, 0) is 0 Å². The molecule has 0 bridgehead atoms. The maximum atomic E-state index is 4.98. The summed E-state index contributed by atoms with van der Waals surface area (Å²) in [6, 6.07) is 0. The van der Waals surface area contributed by atoms with E-state index in [9.17, 15) is 0 Å². The molecule has 0 aliphatic heterocycles. The number of rotatable bonds is 3. The van der Waals surface area contributed by atoms with Crippen molar-refractivity contribution >= 4 is 22.5 Å². The van der Waals surface area contributed by atoms with Crippen molar-refractivity contribution in [3.8, 4) is 0 Å². The number of hydrogen-bond donors (Lipinski definition) is 1. The molecule has 1 rings (SSSR count). The molecule has 1 heterocycles. The maximum Gasteiger partial charge on any atom is 0.180 e. The molecule has 0 unspecified atom stereocenters. The standard InChI is InChI=1S/C5H7NOS2/c8-9-2-1-5-3-6-4-7-5/h3-4,8H,1-2H2. The molecule has 0 fully saturated rings. The molecule has 1 aromatic heterocycles. The molecule has 0 aromatic carbocycles. The van der Waals surface area contributed by atoms with Crippen LogP contribution in [0, 0.1) is 0 Å². The lowest BCUT2D eigenvalue weighted by molar-refractivity contribution is 0.511. The molecule has 9 heavy (non-hydrogen) atoms. The van der Waals surface area contributed by atoms with Crippen molar-refractivity contribution in [1.29, 1.82) is 0 Å². The SMILES string of the molecule is SSCCc1cnco1. The van der Waals surface area contributed by atoms with Gasteiger partial charge in [0.1, 0.15) is 5.76 Å². The molecule has 0 saturated heterocycles.